The minimum absolute atomic E-state index is 0.533. The van der Waals surface area contributed by atoms with Gasteiger partial charge in [-0.3, -0.25) is 4.98 Å². The lowest BCUT2D eigenvalue weighted by atomic mass is 10.4. The molecule has 0 radical (unpaired) electrons. The Bertz CT molecular complexity index is 417. The normalized spacial score (nSPS) is 9.79. The van der Waals surface area contributed by atoms with Crippen LogP contribution in [0.25, 0.3) is 0 Å². The van der Waals surface area contributed by atoms with E-state index in [9.17, 15) is 0 Å². The van der Waals surface area contributed by atoms with Crippen LogP contribution in [0.2, 0.25) is 0 Å². The van der Waals surface area contributed by atoms with E-state index in [0.717, 1.165) is 5.69 Å². The van der Waals surface area contributed by atoms with E-state index in [0.29, 0.717) is 11.6 Å². The van der Waals surface area contributed by atoms with Crippen LogP contribution in [0.4, 0.5) is 0 Å². The summed E-state index contributed by atoms with van der Waals surface area (Å²) in [5.74, 6) is 1.20. The fraction of sp³-hybridized carbons (Fsp3) is 0.100. The second-order valence-electron chi connectivity index (χ2n) is 2.79. The Balaban J connectivity index is 2.19. The van der Waals surface area contributed by atoms with Gasteiger partial charge < -0.3 is 4.74 Å². The molecule has 0 amide bonds. The smallest absolute Gasteiger partial charge is 0.222 e. The van der Waals surface area contributed by atoms with Gasteiger partial charge in [0.25, 0.3) is 0 Å². The molecule has 14 heavy (non-hydrogen) atoms. The number of rotatable bonds is 2. The highest BCUT2D eigenvalue weighted by Crippen LogP contribution is 2.16. The van der Waals surface area contributed by atoms with E-state index in [1.165, 1.54) is 6.33 Å². The van der Waals surface area contributed by atoms with Gasteiger partial charge in [-0.1, -0.05) is 0 Å². The first kappa shape index (κ1) is 8.62. The van der Waals surface area contributed by atoms with E-state index >= 15 is 0 Å². The molecular formula is C10H9N3O. The van der Waals surface area contributed by atoms with Crippen LogP contribution in [-0.2, 0) is 0 Å². The van der Waals surface area contributed by atoms with Crippen molar-refractivity contribution in [3.8, 4) is 11.6 Å². The first-order chi connectivity index (χ1) is 6.84. The SMILES string of the molecule is Cc1cc(Oc2cccnc2)ncn1. The standard InChI is InChI=1S/C10H9N3O/c1-8-5-10(13-7-12-8)14-9-3-2-4-11-6-9/h2-7H,1H3. The van der Waals surface area contributed by atoms with Crippen molar-refractivity contribution in [3.63, 3.8) is 0 Å². The van der Waals surface area contributed by atoms with Gasteiger partial charge in [0.1, 0.15) is 12.1 Å². The quantitative estimate of drug-likeness (QED) is 0.721. The third-order valence-corrected chi connectivity index (χ3v) is 1.64. The minimum Gasteiger partial charge on any atom is -0.437 e. The number of aromatic nitrogens is 3. The molecule has 4 heteroatoms. The highest BCUT2D eigenvalue weighted by molar-refractivity contribution is 5.23. The van der Waals surface area contributed by atoms with Gasteiger partial charge in [0.15, 0.2) is 0 Å². The molecule has 0 bridgehead atoms. The molecule has 0 saturated carbocycles. The molecule has 0 N–H and O–H groups in total. The molecule has 2 aromatic rings. The fourth-order valence-electron chi connectivity index (χ4n) is 1.01. The minimum atomic E-state index is 0.533. The first-order valence-corrected chi connectivity index (χ1v) is 4.21. The average Bonchev–Trinajstić information content (AvgIpc) is 2.19. The van der Waals surface area contributed by atoms with Gasteiger partial charge in [-0.05, 0) is 19.1 Å². The summed E-state index contributed by atoms with van der Waals surface area (Å²) in [6.45, 7) is 1.89. The molecule has 2 rings (SSSR count). The molecule has 0 spiro atoms. The summed E-state index contributed by atoms with van der Waals surface area (Å²) in [6.07, 6.45) is 4.80. The van der Waals surface area contributed by atoms with Crippen LogP contribution in [0, 0.1) is 6.92 Å². The molecule has 2 aromatic heterocycles. The van der Waals surface area contributed by atoms with E-state index in [1.54, 1.807) is 18.5 Å². The summed E-state index contributed by atoms with van der Waals surface area (Å²) < 4.78 is 5.45. The van der Waals surface area contributed by atoms with E-state index < -0.39 is 0 Å². The Morgan fingerprint density at radius 3 is 2.93 bits per heavy atom. The Morgan fingerprint density at radius 1 is 1.29 bits per heavy atom. The van der Waals surface area contributed by atoms with E-state index in [-0.39, 0.29) is 0 Å². The van der Waals surface area contributed by atoms with Crippen molar-refractivity contribution in [1.29, 1.82) is 0 Å². The Hall–Kier alpha value is -1.97. The zero-order valence-electron chi connectivity index (χ0n) is 7.71. The van der Waals surface area contributed by atoms with Crippen LogP contribution in [0.1, 0.15) is 5.69 Å². The summed E-state index contributed by atoms with van der Waals surface area (Å²) in [7, 11) is 0. The van der Waals surface area contributed by atoms with Crippen LogP contribution in [0.5, 0.6) is 11.6 Å². The number of ether oxygens (including phenoxy) is 1. The second-order valence-corrected chi connectivity index (χ2v) is 2.79. The van der Waals surface area contributed by atoms with Crippen molar-refractivity contribution in [2.75, 3.05) is 0 Å². The van der Waals surface area contributed by atoms with Crippen LogP contribution in [0.3, 0.4) is 0 Å². The van der Waals surface area contributed by atoms with Crippen molar-refractivity contribution in [1.82, 2.24) is 15.0 Å². The van der Waals surface area contributed by atoms with Gasteiger partial charge in [0, 0.05) is 18.0 Å². The van der Waals surface area contributed by atoms with E-state index in [2.05, 4.69) is 15.0 Å². The monoisotopic (exact) mass is 187 g/mol. The predicted molar refractivity (Wildman–Crippen MR) is 51.1 cm³/mol. The van der Waals surface area contributed by atoms with Gasteiger partial charge in [-0.15, -0.1) is 0 Å². The van der Waals surface area contributed by atoms with Crippen molar-refractivity contribution >= 4 is 0 Å². The number of hydrogen-bond donors (Lipinski definition) is 0. The largest absolute Gasteiger partial charge is 0.437 e. The van der Waals surface area contributed by atoms with Gasteiger partial charge in [-0.25, -0.2) is 9.97 Å². The van der Waals surface area contributed by atoms with Gasteiger partial charge in [0.2, 0.25) is 5.88 Å². The van der Waals surface area contributed by atoms with Crippen LogP contribution in [0.15, 0.2) is 36.9 Å². The van der Waals surface area contributed by atoms with E-state index in [1.807, 2.05) is 19.1 Å². The lowest BCUT2D eigenvalue weighted by molar-refractivity contribution is 0.458. The zero-order valence-corrected chi connectivity index (χ0v) is 7.71. The molecule has 0 aliphatic heterocycles. The lowest BCUT2D eigenvalue weighted by Crippen LogP contribution is -1.90. The molecule has 0 saturated heterocycles. The molecule has 0 aromatic carbocycles. The molecule has 4 nitrogen and oxygen atoms in total. The number of aryl methyl sites for hydroxylation is 1. The molecule has 70 valence electrons. The van der Waals surface area contributed by atoms with Crippen molar-refractivity contribution in [2.24, 2.45) is 0 Å². The van der Waals surface area contributed by atoms with Gasteiger partial charge in [0.05, 0.1) is 6.20 Å². The molecule has 2 heterocycles. The number of hydrogen-bond acceptors (Lipinski definition) is 4. The number of pyridine rings is 1. The molecule has 0 atom stereocenters. The second kappa shape index (κ2) is 3.83. The maximum atomic E-state index is 5.45. The van der Waals surface area contributed by atoms with Gasteiger partial charge in [-0.2, -0.15) is 0 Å². The Morgan fingerprint density at radius 2 is 2.21 bits per heavy atom. The number of nitrogens with zero attached hydrogens (tertiary/aromatic N) is 3. The summed E-state index contributed by atoms with van der Waals surface area (Å²) in [5, 5.41) is 0. The fourth-order valence-corrected chi connectivity index (χ4v) is 1.01. The van der Waals surface area contributed by atoms with Crippen molar-refractivity contribution < 1.29 is 4.74 Å². The summed E-state index contributed by atoms with van der Waals surface area (Å²) in [5.41, 5.74) is 0.874. The van der Waals surface area contributed by atoms with Crippen molar-refractivity contribution in [2.45, 2.75) is 6.92 Å². The van der Waals surface area contributed by atoms with Gasteiger partial charge >= 0.3 is 0 Å². The highest BCUT2D eigenvalue weighted by atomic mass is 16.5. The molecule has 0 fully saturated rings. The van der Waals surface area contributed by atoms with Crippen LogP contribution >= 0.6 is 0 Å². The molecule has 0 unspecified atom stereocenters. The van der Waals surface area contributed by atoms with E-state index in [4.69, 9.17) is 4.74 Å². The molecular weight excluding hydrogens is 178 g/mol. The topological polar surface area (TPSA) is 47.9 Å². The third-order valence-electron chi connectivity index (χ3n) is 1.64. The highest BCUT2D eigenvalue weighted by Gasteiger charge is 1.97. The predicted octanol–water partition coefficient (Wildman–Crippen LogP) is 1.97. The Labute approximate surface area is 81.6 Å². The summed E-state index contributed by atoms with van der Waals surface area (Å²) >= 11 is 0. The summed E-state index contributed by atoms with van der Waals surface area (Å²) in [4.78, 5) is 11.9. The average molecular weight is 187 g/mol. The van der Waals surface area contributed by atoms with Crippen molar-refractivity contribution in [3.05, 3.63) is 42.6 Å². The third kappa shape index (κ3) is 2.04. The maximum Gasteiger partial charge on any atom is 0.222 e. The first-order valence-electron chi connectivity index (χ1n) is 4.21. The summed E-state index contributed by atoms with van der Waals surface area (Å²) in [6, 6.07) is 5.40. The molecule has 0 aliphatic carbocycles. The maximum absolute atomic E-state index is 5.45. The zero-order chi connectivity index (χ0) is 9.80. The molecule has 0 aliphatic rings. The van der Waals surface area contributed by atoms with Crippen LogP contribution in [-0.4, -0.2) is 15.0 Å². The lowest BCUT2D eigenvalue weighted by Gasteiger charge is -2.02. The Kier molecular flexibility index (Phi) is 2.36. The van der Waals surface area contributed by atoms with Crippen LogP contribution < -0.4 is 4.74 Å².